The van der Waals surface area contributed by atoms with Gasteiger partial charge in [-0.05, 0) is 43.0 Å². The summed E-state index contributed by atoms with van der Waals surface area (Å²) in [4.78, 5) is 27.0. The fraction of sp³-hybridized carbons (Fsp3) is 0.304. The number of amides is 1. The van der Waals surface area contributed by atoms with Crippen LogP contribution in [0.4, 0.5) is 15.9 Å². The van der Waals surface area contributed by atoms with Crippen LogP contribution in [0.5, 0.6) is 0 Å². The van der Waals surface area contributed by atoms with Gasteiger partial charge in [-0.15, -0.1) is 22.7 Å². The highest BCUT2D eigenvalue weighted by Crippen LogP contribution is 2.37. The second kappa shape index (κ2) is 8.55. The number of halogens is 1. The van der Waals surface area contributed by atoms with Crippen LogP contribution in [0.3, 0.4) is 0 Å². The standard InChI is InChI=1S/C23H22FN5OS2/c1-12(2)22(30)28-14-5-3-13(4-6-14)19-7-15-21(25-10-26-23(15)32-19)29-17-9-18-20(8-16(17)24)31-11-27-18/h3,7-12,14H,4-6H2,1-2H3,(H,28,30)(H,25,26,29). The lowest BCUT2D eigenvalue weighted by Crippen LogP contribution is -2.38. The number of anilines is 2. The summed E-state index contributed by atoms with van der Waals surface area (Å²) >= 11 is 3.02. The van der Waals surface area contributed by atoms with Crippen molar-refractivity contribution < 1.29 is 9.18 Å². The zero-order valence-corrected chi connectivity index (χ0v) is 19.3. The first-order valence-corrected chi connectivity index (χ1v) is 12.2. The van der Waals surface area contributed by atoms with Gasteiger partial charge in [0.25, 0.3) is 0 Å². The van der Waals surface area contributed by atoms with Crippen molar-refractivity contribution in [3.05, 3.63) is 46.8 Å². The normalized spacial score (nSPS) is 16.5. The Bertz CT molecular complexity index is 1340. The summed E-state index contributed by atoms with van der Waals surface area (Å²) < 4.78 is 15.4. The second-order valence-electron chi connectivity index (χ2n) is 8.19. The number of aromatic nitrogens is 3. The number of thiophene rings is 1. The molecule has 3 heterocycles. The predicted octanol–water partition coefficient (Wildman–Crippen LogP) is 5.89. The van der Waals surface area contributed by atoms with E-state index in [4.69, 9.17) is 0 Å². The average molecular weight is 468 g/mol. The molecule has 1 amide bonds. The van der Waals surface area contributed by atoms with Crippen LogP contribution in [0.25, 0.3) is 26.0 Å². The third-order valence-corrected chi connectivity index (χ3v) is 7.51. The number of benzene rings is 1. The van der Waals surface area contributed by atoms with E-state index in [1.54, 1.807) is 22.9 Å². The molecule has 0 radical (unpaired) electrons. The van der Waals surface area contributed by atoms with Gasteiger partial charge < -0.3 is 10.6 Å². The van der Waals surface area contributed by atoms with Crippen LogP contribution in [-0.4, -0.2) is 26.9 Å². The van der Waals surface area contributed by atoms with Gasteiger partial charge in [-0.2, -0.15) is 0 Å². The Balaban J connectivity index is 1.39. The van der Waals surface area contributed by atoms with Crippen LogP contribution in [0.1, 0.15) is 38.0 Å². The van der Waals surface area contributed by atoms with Crippen LogP contribution in [0, 0.1) is 11.7 Å². The molecule has 1 unspecified atom stereocenters. The van der Waals surface area contributed by atoms with Crippen molar-refractivity contribution in [2.75, 3.05) is 5.32 Å². The van der Waals surface area contributed by atoms with Crippen LogP contribution in [-0.2, 0) is 4.79 Å². The topological polar surface area (TPSA) is 79.8 Å². The summed E-state index contributed by atoms with van der Waals surface area (Å²) in [5, 5.41) is 7.11. The Morgan fingerprint density at radius 1 is 1.22 bits per heavy atom. The van der Waals surface area contributed by atoms with Gasteiger partial charge >= 0.3 is 0 Å². The number of hydrogen-bond acceptors (Lipinski definition) is 7. The maximum atomic E-state index is 14.6. The highest BCUT2D eigenvalue weighted by atomic mass is 32.1. The molecule has 1 atom stereocenters. The zero-order chi connectivity index (χ0) is 22.2. The molecule has 0 aliphatic heterocycles. The molecule has 3 aromatic heterocycles. The maximum absolute atomic E-state index is 14.6. The van der Waals surface area contributed by atoms with Gasteiger partial charge in [0, 0.05) is 16.8 Å². The van der Waals surface area contributed by atoms with Gasteiger partial charge in [0.2, 0.25) is 5.91 Å². The number of allylic oxidation sites excluding steroid dienone is 1. The van der Waals surface area contributed by atoms with E-state index in [0.717, 1.165) is 44.6 Å². The molecule has 4 aromatic rings. The highest BCUT2D eigenvalue weighted by molar-refractivity contribution is 7.19. The molecular weight excluding hydrogens is 445 g/mol. The summed E-state index contributed by atoms with van der Waals surface area (Å²) in [6.45, 7) is 3.81. The Labute approximate surface area is 192 Å². The summed E-state index contributed by atoms with van der Waals surface area (Å²) in [6, 6.07) is 5.45. The van der Waals surface area contributed by atoms with Gasteiger partial charge in [-0.1, -0.05) is 19.9 Å². The van der Waals surface area contributed by atoms with Gasteiger partial charge in [-0.25, -0.2) is 19.3 Å². The smallest absolute Gasteiger partial charge is 0.222 e. The Morgan fingerprint density at radius 2 is 2.09 bits per heavy atom. The maximum Gasteiger partial charge on any atom is 0.222 e. The number of carbonyl (C=O) groups is 1. The Morgan fingerprint density at radius 3 is 2.88 bits per heavy atom. The monoisotopic (exact) mass is 467 g/mol. The van der Waals surface area contributed by atoms with Crippen molar-refractivity contribution >= 4 is 66.1 Å². The van der Waals surface area contributed by atoms with Crippen LogP contribution in [0.2, 0.25) is 0 Å². The van der Waals surface area contributed by atoms with Crippen molar-refractivity contribution in [1.29, 1.82) is 0 Å². The largest absolute Gasteiger partial charge is 0.353 e. The van der Waals surface area contributed by atoms with E-state index < -0.39 is 0 Å². The number of rotatable bonds is 5. The minimum Gasteiger partial charge on any atom is -0.353 e. The van der Waals surface area contributed by atoms with Crippen LogP contribution in [0.15, 0.2) is 36.1 Å². The van der Waals surface area contributed by atoms with Crippen molar-refractivity contribution in [3.8, 4) is 0 Å². The number of thiazole rings is 1. The molecule has 1 aliphatic carbocycles. The number of hydrogen-bond donors (Lipinski definition) is 2. The molecule has 164 valence electrons. The number of nitrogens with zero attached hydrogens (tertiary/aromatic N) is 3. The molecule has 0 saturated heterocycles. The molecule has 0 spiro atoms. The van der Waals surface area contributed by atoms with E-state index in [2.05, 4.69) is 37.7 Å². The van der Waals surface area contributed by atoms with Crippen LogP contribution < -0.4 is 10.6 Å². The van der Waals surface area contributed by atoms with E-state index >= 15 is 0 Å². The first-order chi connectivity index (χ1) is 15.5. The Kier molecular flexibility index (Phi) is 5.60. The molecule has 0 bridgehead atoms. The number of fused-ring (bicyclic) bond motifs is 2. The molecule has 5 rings (SSSR count). The molecule has 1 aromatic carbocycles. The van der Waals surface area contributed by atoms with Crippen molar-refractivity contribution in [2.24, 2.45) is 5.92 Å². The first kappa shape index (κ1) is 21.0. The third-order valence-electron chi connectivity index (χ3n) is 5.60. The highest BCUT2D eigenvalue weighted by Gasteiger charge is 2.20. The van der Waals surface area contributed by atoms with Crippen molar-refractivity contribution in [3.63, 3.8) is 0 Å². The lowest BCUT2D eigenvalue weighted by Gasteiger charge is -2.23. The molecule has 0 saturated carbocycles. The third kappa shape index (κ3) is 4.10. The fourth-order valence-corrected chi connectivity index (χ4v) is 5.52. The summed E-state index contributed by atoms with van der Waals surface area (Å²) in [5.41, 5.74) is 4.06. The van der Waals surface area contributed by atoms with E-state index in [1.165, 1.54) is 29.3 Å². The average Bonchev–Trinajstić information content (AvgIpc) is 3.41. The minimum absolute atomic E-state index is 0.00599. The molecule has 1 aliphatic rings. The first-order valence-electron chi connectivity index (χ1n) is 10.5. The van der Waals surface area contributed by atoms with E-state index in [-0.39, 0.29) is 23.7 Å². The molecule has 9 heteroatoms. The van der Waals surface area contributed by atoms with E-state index in [9.17, 15) is 9.18 Å². The van der Waals surface area contributed by atoms with Gasteiger partial charge in [0.15, 0.2) is 0 Å². The van der Waals surface area contributed by atoms with Gasteiger partial charge in [0.1, 0.15) is 22.8 Å². The molecule has 6 nitrogen and oxygen atoms in total. The van der Waals surface area contributed by atoms with Gasteiger partial charge in [-0.3, -0.25) is 4.79 Å². The number of nitrogens with one attached hydrogen (secondary N) is 2. The molecular formula is C23H22FN5OS2. The summed E-state index contributed by atoms with van der Waals surface area (Å²) in [7, 11) is 0. The van der Waals surface area contributed by atoms with Crippen molar-refractivity contribution in [1.82, 2.24) is 20.3 Å². The lowest BCUT2D eigenvalue weighted by atomic mass is 9.94. The Hall–Kier alpha value is -2.91. The second-order valence-corrected chi connectivity index (χ2v) is 10.1. The quantitative estimate of drug-likeness (QED) is 0.382. The van der Waals surface area contributed by atoms with Crippen molar-refractivity contribution in [2.45, 2.75) is 39.2 Å². The minimum atomic E-state index is -0.339. The molecule has 0 fully saturated rings. The summed E-state index contributed by atoms with van der Waals surface area (Å²) in [6.07, 6.45) is 6.32. The number of carbonyl (C=O) groups excluding carboxylic acids is 1. The van der Waals surface area contributed by atoms with Gasteiger partial charge in [0.05, 0.1) is 26.8 Å². The van der Waals surface area contributed by atoms with Crippen LogP contribution >= 0.6 is 22.7 Å². The van der Waals surface area contributed by atoms with E-state index in [0.29, 0.717) is 11.5 Å². The lowest BCUT2D eigenvalue weighted by molar-refractivity contribution is -0.124. The summed E-state index contributed by atoms with van der Waals surface area (Å²) in [5.74, 6) is 0.328. The predicted molar refractivity (Wildman–Crippen MR) is 129 cm³/mol. The molecule has 32 heavy (non-hydrogen) atoms. The fourth-order valence-electron chi connectivity index (χ4n) is 3.77. The zero-order valence-electron chi connectivity index (χ0n) is 17.7. The SMILES string of the molecule is CC(C)C(=O)NC1CC=C(c2cc3c(Nc4cc5ncsc5cc4F)ncnc3s2)CC1. The van der Waals surface area contributed by atoms with E-state index in [1.807, 2.05) is 13.8 Å². The molecule has 2 N–H and O–H groups in total.